The van der Waals surface area contributed by atoms with Crippen LogP contribution in [0.3, 0.4) is 0 Å². The van der Waals surface area contributed by atoms with Gasteiger partial charge in [-0.05, 0) is 31.2 Å². The number of thiophene rings is 1. The van der Waals surface area contributed by atoms with Crippen molar-refractivity contribution in [2.24, 2.45) is 0 Å². The predicted molar refractivity (Wildman–Crippen MR) is 64.1 cm³/mol. The van der Waals surface area contributed by atoms with Crippen LogP contribution < -0.4 is 5.32 Å². The first-order chi connectivity index (χ1) is 7.27. The molecule has 3 heteroatoms. The van der Waals surface area contributed by atoms with Gasteiger partial charge in [0.2, 0.25) is 0 Å². The summed E-state index contributed by atoms with van der Waals surface area (Å²) in [6.45, 7) is 2.07. The van der Waals surface area contributed by atoms with Gasteiger partial charge in [-0.2, -0.15) is 0 Å². The monoisotopic (exact) mass is 225 g/mol. The Morgan fingerprint density at radius 3 is 2.80 bits per heavy atom. The number of rotatable bonds is 4. The molecule has 2 N–H and O–H groups in total. The van der Waals surface area contributed by atoms with Crippen LogP contribution in [0, 0.1) is 0 Å². The third-order valence-electron chi connectivity index (χ3n) is 3.16. The quantitative estimate of drug-likeness (QED) is 0.825. The van der Waals surface area contributed by atoms with Crippen molar-refractivity contribution >= 4 is 11.3 Å². The molecular formula is C12H19NOS. The standard InChI is InChI=1S/C12H19NOS/c1-9(13-10-5-2-3-6-10)12(14)11-7-4-8-15-11/h4,7-10,12-14H,2-3,5-6H2,1H3. The van der Waals surface area contributed by atoms with E-state index in [0.29, 0.717) is 6.04 Å². The van der Waals surface area contributed by atoms with E-state index >= 15 is 0 Å². The molecule has 1 heterocycles. The van der Waals surface area contributed by atoms with E-state index in [1.807, 2.05) is 17.5 Å². The van der Waals surface area contributed by atoms with Crippen LogP contribution in [0.4, 0.5) is 0 Å². The van der Waals surface area contributed by atoms with Gasteiger partial charge in [0.25, 0.3) is 0 Å². The fourth-order valence-electron chi connectivity index (χ4n) is 2.26. The molecule has 2 nitrogen and oxygen atoms in total. The molecule has 0 amide bonds. The average molecular weight is 225 g/mol. The summed E-state index contributed by atoms with van der Waals surface area (Å²) in [6.07, 6.45) is 4.84. The van der Waals surface area contributed by atoms with Crippen LogP contribution in [0.15, 0.2) is 17.5 Å². The van der Waals surface area contributed by atoms with E-state index in [1.165, 1.54) is 25.7 Å². The first kappa shape index (κ1) is 11.1. The Hall–Kier alpha value is -0.380. The summed E-state index contributed by atoms with van der Waals surface area (Å²) in [5.41, 5.74) is 0. The average Bonchev–Trinajstić information content (AvgIpc) is 2.88. The van der Waals surface area contributed by atoms with Crippen LogP contribution in [-0.2, 0) is 0 Å². The van der Waals surface area contributed by atoms with Crippen LogP contribution >= 0.6 is 11.3 Å². The van der Waals surface area contributed by atoms with Crippen LogP contribution in [0.1, 0.15) is 43.6 Å². The summed E-state index contributed by atoms with van der Waals surface area (Å²) in [5.74, 6) is 0. The molecule has 1 aliphatic carbocycles. The lowest BCUT2D eigenvalue weighted by Gasteiger charge is -2.23. The molecule has 84 valence electrons. The van der Waals surface area contributed by atoms with E-state index in [2.05, 4.69) is 12.2 Å². The van der Waals surface area contributed by atoms with Crippen LogP contribution in [-0.4, -0.2) is 17.2 Å². The maximum atomic E-state index is 10.1. The number of hydrogen-bond donors (Lipinski definition) is 2. The molecule has 0 bridgehead atoms. The van der Waals surface area contributed by atoms with Gasteiger partial charge in [-0.15, -0.1) is 11.3 Å². The largest absolute Gasteiger partial charge is 0.386 e. The summed E-state index contributed by atoms with van der Waals surface area (Å²) in [4.78, 5) is 1.06. The predicted octanol–water partition coefficient (Wildman–Crippen LogP) is 2.70. The van der Waals surface area contributed by atoms with Gasteiger partial charge in [-0.1, -0.05) is 18.9 Å². The zero-order valence-electron chi connectivity index (χ0n) is 9.15. The second-order valence-electron chi connectivity index (χ2n) is 4.40. The lowest BCUT2D eigenvalue weighted by molar-refractivity contribution is 0.133. The normalized spacial score (nSPS) is 21.7. The maximum absolute atomic E-state index is 10.1. The molecule has 0 radical (unpaired) electrons. The third-order valence-corrected chi connectivity index (χ3v) is 4.11. The Morgan fingerprint density at radius 1 is 1.47 bits per heavy atom. The zero-order chi connectivity index (χ0) is 10.7. The first-order valence-corrected chi connectivity index (χ1v) is 6.63. The molecular weight excluding hydrogens is 206 g/mol. The highest BCUT2D eigenvalue weighted by atomic mass is 32.1. The van der Waals surface area contributed by atoms with Crippen LogP contribution in [0.5, 0.6) is 0 Å². The van der Waals surface area contributed by atoms with Crippen molar-refractivity contribution in [3.8, 4) is 0 Å². The lowest BCUT2D eigenvalue weighted by Crippen LogP contribution is -2.38. The number of nitrogens with one attached hydrogen (secondary N) is 1. The van der Waals surface area contributed by atoms with Crippen molar-refractivity contribution in [2.75, 3.05) is 0 Å². The highest BCUT2D eigenvalue weighted by molar-refractivity contribution is 7.10. The fraction of sp³-hybridized carbons (Fsp3) is 0.667. The second-order valence-corrected chi connectivity index (χ2v) is 5.38. The Kier molecular flexibility index (Phi) is 3.78. The summed E-state index contributed by atoms with van der Waals surface area (Å²) < 4.78 is 0. The van der Waals surface area contributed by atoms with Crippen molar-refractivity contribution in [1.29, 1.82) is 0 Å². The van der Waals surface area contributed by atoms with E-state index in [1.54, 1.807) is 11.3 Å². The molecule has 15 heavy (non-hydrogen) atoms. The second kappa shape index (κ2) is 5.10. The van der Waals surface area contributed by atoms with Gasteiger partial charge < -0.3 is 10.4 Å². The number of aliphatic hydroxyl groups excluding tert-OH is 1. The van der Waals surface area contributed by atoms with Gasteiger partial charge in [0.15, 0.2) is 0 Å². The Balaban J connectivity index is 1.87. The molecule has 1 aromatic rings. The Morgan fingerprint density at radius 2 is 2.20 bits per heavy atom. The summed E-state index contributed by atoms with van der Waals surface area (Å²) >= 11 is 1.63. The number of hydrogen-bond acceptors (Lipinski definition) is 3. The minimum Gasteiger partial charge on any atom is -0.386 e. The van der Waals surface area contributed by atoms with Crippen molar-refractivity contribution in [1.82, 2.24) is 5.32 Å². The van der Waals surface area contributed by atoms with Gasteiger partial charge >= 0.3 is 0 Å². The van der Waals surface area contributed by atoms with Gasteiger partial charge in [0.1, 0.15) is 6.10 Å². The van der Waals surface area contributed by atoms with E-state index < -0.39 is 0 Å². The summed E-state index contributed by atoms with van der Waals surface area (Å²) in [5, 5.41) is 15.6. The minimum absolute atomic E-state index is 0.159. The van der Waals surface area contributed by atoms with Crippen molar-refractivity contribution in [3.63, 3.8) is 0 Å². The SMILES string of the molecule is CC(NC1CCCC1)C(O)c1cccs1. The van der Waals surface area contributed by atoms with E-state index in [0.717, 1.165) is 4.88 Å². The van der Waals surface area contributed by atoms with E-state index in [-0.39, 0.29) is 12.1 Å². The van der Waals surface area contributed by atoms with Gasteiger partial charge in [0, 0.05) is 17.0 Å². The molecule has 2 atom stereocenters. The Bertz CT molecular complexity index is 280. The number of aliphatic hydroxyl groups is 1. The first-order valence-electron chi connectivity index (χ1n) is 5.75. The molecule has 2 rings (SSSR count). The van der Waals surface area contributed by atoms with Crippen molar-refractivity contribution < 1.29 is 5.11 Å². The lowest BCUT2D eigenvalue weighted by atomic mass is 10.1. The Labute approximate surface area is 95.3 Å². The molecule has 0 aliphatic heterocycles. The van der Waals surface area contributed by atoms with Gasteiger partial charge in [-0.25, -0.2) is 0 Å². The van der Waals surface area contributed by atoms with Crippen LogP contribution in [0.2, 0.25) is 0 Å². The highest BCUT2D eigenvalue weighted by Gasteiger charge is 2.22. The smallest absolute Gasteiger partial charge is 0.103 e. The highest BCUT2D eigenvalue weighted by Crippen LogP contribution is 2.24. The molecule has 1 saturated carbocycles. The third kappa shape index (κ3) is 2.80. The van der Waals surface area contributed by atoms with Crippen LogP contribution in [0.25, 0.3) is 0 Å². The molecule has 0 spiro atoms. The van der Waals surface area contributed by atoms with E-state index in [4.69, 9.17) is 0 Å². The summed E-state index contributed by atoms with van der Waals surface area (Å²) in [6, 6.07) is 4.77. The maximum Gasteiger partial charge on any atom is 0.103 e. The topological polar surface area (TPSA) is 32.3 Å². The molecule has 0 aromatic carbocycles. The van der Waals surface area contributed by atoms with E-state index in [9.17, 15) is 5.11 Å². The van der Waals surface area contributed by atoms with Crippen molar-refractivity contribution in [3.05, 3.63) is 22.4 Å². The van der Waals surface area contributed by atoms with Crippen molar-refractivity contribution in [2.45, 2.75) is 50.8 Å². The molecule has 0 saturated heterocycles. The molecule has 1 aliphatic rings. The molecule has 1 fully saturated rings. The summed E-state index contributed by atoms with van der Waals surface area (Å²) in [7, 11) is 0. The molecule has 2 unspecified atom stereocenters. The molecule has 1 aromatic heterocycles. The zero-order valence-corrected chi connectivity index (χ0v) is 9.96. The fourth-order valence-corrected chi connectivity index (χ4v) is 3.08. The minimum atomic E-state index is -0.356. The van der Waals surface area contributed by atoms with Gasteiger partial charge in [-0.3, -0.25) is 0 Å². The van der Waals surface area contributed by atoms with Gasteiger partial charge in [0.05, 0.1) is 0 Å².